The van der Waals surface area contributed by atoms with Crippen molar-refractivity contribution in [1.29, 1.82) is 0 Å². The molecule has 0 saturated carbocycles. The second-order valence-electron chi connectivity index (χ2n) is 5.22. The van der Waals surface area contributed by atoms with Crippen LogP contribution in [0.15, 0.2) is 36.5 Å². The predicted molar refractivity (Wildman–Crippen MR) is 89.8 cm³/mol. The number of carboxylic acids is 1. The summed E-state index contributed by atoms with van der Waals surface area (Å²) in [4.78, 5) is 14.5. The summed E-state index contributed by atoms with van der Waals surface area (Å²) >= 11 is 0. The SMILES string of the molecule is CC/C=C\C/C=C\C/C=C\CCCCCC[C@@H](OO)C(=O)O. The molecule has 0 bridgehead atoms. The van der Waals surface area contributed by atoms with Crippen LogP contribution in [0, 0.1) is 0 Å². The van der Waals surface area contributed by atoms with E-state index in [-0.39, 0.29) is 0 Å². The Hall–Kier alpha value is -1.39. The molecule has 0 fully saturated rings. The summed E-state index contributed by atoms with van der Waals surface area (Å²) in [5, 5.41) is 17.1. The molecule has 0 amide bonds. The number of aliphatic carboxylic acids is 1. The van der Waals surface area contributed by atoms with Gasteiger partial charge in [-0.2, -0.15) is 0 Å². The number of rotatable bonds is 14. The quantitative estimate of drug-likeness (QED) is 0.202. The lowest BCUT2D eigenvalue weighted by molar-refractivity contribution is -0.277. The summed E-state index contributed by atoms with van der Waals surface area (Å²) in [6, 6.07) is 0. The van der Waals surface area contributed by atoms with Gasteiger partial charge in [0, 0.05) is 0 Å². The Morgan fingerprint density at radius 3 is 2.14 bits per heavy atom. The molecule has 22 heavy (non-hydrogen) atoms. The van der Waals surface area contributed by atoms with Crippen LogP contribution in [0.1, 0.15) is 64.7 Å². The highest BCUT2D eigenvalue weighted by Gasteiger charge is 2.16. The fraction of sp³-hybridized carbons (Fsp3) is 0.611. The number of allylic oxidation sites excluding steroid dienone is 6. The van der Waals surface area contributed by atoms with Crippen molar-refractivity contribution in [1.82, 2.24) is 0 Å². The Bertz CT molecular complexity index is 345. The molecule has 4 nitrogen and oxygen atoms in total. The van der Waals surface area contributed by atoms with Gasteiger partial charge in [0.05, 0.1) is 0 Å². The Labute approximate surface area is 134 Å². The summed E-state index contributed by atoms with van der Waals surface area (Å²) in [5.41, 5.74) is 0. The second kappa shape index (κ2) is 16.0. The van der Waals surface area contributed by atoms with Crippen molar-refractivity contribution in [3.8, 4) is 0 Å². The van der Waals surface area contributed by atoms with Gasteiger partial charge in [0.2, 0.25) is 0 Å². The van der Waals surface area contributed by atoms with Gasteiger partial charge in [-0.15, -0.1) is 0 Å². The molecule has 0 rings (SSSR count). The standard InChI is InChI=1S/C18H30O4/c1-2-3-4-5-6-7-8-9-10-11-12-13-14-15-16-17(22-21)18(19)20/h3-4,6-7,9-10,17,21H,2,5,8,11-16H2,1H3,(H,19,20)/b4-3-,7-6-,10-9-/t17-/m1/s1. The Morgan fingerprint density at radius 1 is 0.955 bits per heavy atom. The summed E-state index contributed by atoms with van der Waals surface area (Å²) in [5.74, 6) is -1.11. The monoisotopic (exact) mass is 310 g/mol. The van der Waals surface area contributed by atoms with Crippen molar-refractivity contribution in [3.05, 3.63) is 36.5 Å². The van der Waals surface area contributed by atoms with Crippen LogP contribution in [0.3, 0.4) is 0 Å². The summed E-state index contributed by atoms with van der Waals surface area (Å²) < 4.78 is 0. The Balaban J connectivity index is 3.40. The zero-order valence-corrected chi connectivity index (χ0v) is 13.6. The maximum absolute atomic E-state index is 10.6. The molecule has 0 aliphatic carbocycles. The topological polar surface area (TPSA) is 66.8 Å². The lowest BCUT2D eigenvalue weighted by Crippen LogP contribution is -2.22. The zero-order valence-electron chi connectivity index (χ0n) is 13.6. The van der Waals surface area contributed by atoms with E-state index in [4.69, 9.17) is 10.4 Å². The first-order valence-corrected chi connectivity index (χ1v) is 8.20. The molecule has 0 heterocycles. The highest BCUT2D eigenvalue weighted by molar-refractivity contribution is 5.72. The van der Waals surface area contributed by atoms with E-state index in [1.807, 2.05) is 0 Å². The minimum Gasteiger partial charge on any atom is -0.479 e. The highest BCUT2D eigenvalue weighted by atomic mass is 17.1. The summed E-state index contributed by atoms with van der Waals surface area (Å²) in [7, 11) is 0. The lowest BCUT2D eigenvalue weighted by Gasteiger charge is -2.07. The first-order valence-electron chi connectivity index (χ1n) is 8.20. The van der Waals surface area contributed by atoms with E-state index < -0.39 is 12.1 Å². The third-order valence-corrected chi connectivity index (χ3v) is 3.27. The lowest BCUT2D eigenvalue weighted by atomic mass is 10.1. The first-order chi connectivity index (χ1) is 10.7. The van der Waals surface area contributed by atoms with E-state index in [2.05, 4.69) is 48.3 Å². The fourth-order valence-electron chi connectivity index (χ4n) is 1.99. The van der Waals surface area contributed by atoms with E-state index in [0.29, 0.717) is 6.42 Å². The van der Waals surface area contributed by atoms with Gasteiger partial charge < -0.3 is 5.11 Å². The number of hydrogen-bond acceptors (Lipinski definition) is 3. The minimum atomic E-state index is -1.11. The molecule has 0 aliphatic heterocycles. The van der Waals surface area contributed by atoms with Gasteiger partial charge in [0.15, 0.2) is 6.10 Å². The van der Waals surface area contributed by atoms with E-state index >= 15 is 0 Å². The van der Waals surface area contributed by atoms with Gasteiger partial charge in [-0.05, 0) is 38.5 Å². The van der Waals surface area contributed by atoms with Crippen molar-refractivity contribution < 1.29 is 20.0 Å². The molecule has 0 aliphatic rings. The molecule has 2 N–H and O–H groups in total. The van der Waals surface area contributed by atoms with Crippen LogP contribution in [0.4, 0.5) is 0 Å². The fourth-order valence-corrected chi connectivity index (χ4v) is 1.99. The number of hydrogen-bond donors (Lipinski definition) is 2. The van der Waals surface area contributed by atoms with Crippen molar-refractivity contribution in [2.45, 2.75) is 70.8 Å². The maximum Gasteiger partial charge on any atom is 0.336 e. The normalized spacial score (nSPS) is 13.5. The molecule has 4 heteroatoms. The molecule has 0 radical (unpaired) electrons. The molecule has 1 atom stereocenters. The van der Waals surface area contributed by atoms with E-state index in [0.717, 1.165) is 51.4 Å². The average molecular weight is 310 g/mol. The maximum atomic E-state index is 10.6. The van der Waals surface area contributed by atoms with Crippen LogP contribution < -0.4 is 0 Å². The van der Waals surface area contributed by atoms with Crippen LogP contribution in [0.5, 0.6) is 0 Å². The van der Waals surface area contributed by atoms with Gasteiger partial charge >= 0.3 is 5.97 Å². The van der Waals surface area contributed by atoms with E-state index in [1.54, 1.807) is 0 Å². The summed E-state index contributed by atoms with van der Waals surface area (Å²) in [6.45, 7) is 2.13. The van der Waals surface area contributed by atoms with Gasteiger partial charge in [-0.1, -0.05) is 62.6 Å². The predicted octanol–water partition coefficient (Wildman–Crippen LogP) is 5.13. The highest BCUT2D eigenvalue weighted by Crippen LogP contribution is 2.09. The third kappa shape index (κ3) is 13.6. The molecular formula is C18H30O4. The Morgan fingerprint density at radius 2 is 1.55 bits per heavy atom. The van der Waals surface area contributed by atoms with Crippen molar-refractivity contribution in [3.63, 3.8) is 0 Å². The van der Waals surface area contributed by atoms with Crippen molar-refractivity contribution in [2.75, 3.05) is 0 Å². The largest absolute Gasteiger partial charge is 0.479 e. The third-order valence-electron chi connectivity index (χ3n) is 3.27. The molecule has 126 valence electrons. The molecule has 0 saturated heterocycles. The molecule has 0 aromatic heterocycles. The zero-order chi connectivity index (χ0) is 16.5. The van der Waals surface area contributed by atoms with Crippen molar-refractivity contribution in [2.24, 2.45) is 0 Å². The molecular weight excluding hydrogens is 280 g/mol. The first kappa shape index (κ1) is 20.6. The van der Waals surface area contributed by atoms with Gasteiger partial charge in [-0.3, -0.25) is 5.26 Å². The van der Waals surface area contributed by atoms with Gasteiger partial charge in [0.1, 0.15) is 0 Å². The van der Waals surface area contributed by atoms with Crippen LogP contribution in [-0.2, 0) is 9.68 Å². The minimum absolute atomic E-state index is 0.360. The van der Waals surface area contributed by atoms with Gasteiger partial charge in [-0.25, -0.2) is 9.68 Å². The van der Waals surface area contributed by atoms with Crippen LogP contribution in [0.25, 0.3) is 0 Å². The number of carbonyl (C=O) groups is 1. The average Bonchev–Trinajstić information content (AvgIpc) is 2.51. The number of unbranched alkanes of at least 4 members (excludes halogenated alkanes) is 4. The number of carboxylic acid groups (broad SMARTS) is 1. The second-order valence-corrected chi connectivity index (χ2v) is 5.22. The van der Waals surface area contributed by atoms with Gasteiger partial charge in [0.25, 0.3) is 0 Å². The molecule has 0 aromatic carbocycles. The molecule has 0 aromatic rings. The summed E-state index contributed by atoms with van der Waals surface area (Å²) in [6.07, 6.45) is 20.4. The molecule has 0 unspecified atom stereocenters. The van der Waals surface area contributed by atoms with Crippen LogP contribution in [-0.4, -0.2) is 22.4 Å². The smallest absolute Gasteiger partial charge is 0.336 e. The Kier molecular flexibility index (Phi) is 15.0. The molecule has 0 spiro atoms. The van der Waals surface area contributed by atoms with E-state index in [9.17, 15) is 4.79 Å². The van der Waals surface area contributed by atoms with Crippen LogP contribution >= 0.6 is 0 Å². The van der Waals surface area contributed by atoms with E-state index in [1.165, 1.54) is 0 Å². The van der Waals surface area contributed by atoms with Crippen molar-refractivity contribution >= 4 is 5.97 Å². The van der Waals surface area contributed by atoms with Crippen LogP contribution in [0.2, 0.25) is 0 Å².